The van der Waals surface area contributed by atoms with E-state index in [-0.39, 0.29) is 36.4 Å². The van der Waals surface area contributed by atoms with E-state index >= 15 is 0 Å². The molecule has 1 aromatic heterocycles. The van der Waals surface area contributed by atoms with E-state index in [9.17, 15) is 4.79 Å². The molecule has 1 unspecified atom stereocenters. The van der Waals surface area contributed by atoms with Gasteiger partial charge in [0.25, 0.3) is 0 Å². The zero-order valence-corrected chi connectivity index (χ0v) is 16.2. The Morgan fingerprint density at radius 3 is 2.62 bits per heavy atom. The molecule has 1 aliphatic carbocycles. The van der Waals surface area contributed by atoms with Gasteiger partial charge >= 0.3 is 6.03 Å². The van der Waals surface area contributed by atoms with Gasteiger partial charge < -0.3 is 20.1 Å². The Bertz CT molecular complexity index is 838. The molecular formula is C20H26N6O3. The predicted octanol–water partition coefficient (Wildman–Crippen LogP) is 1.68. The van der Waals surface area contributed by atoms with Gasteiger partial charge in [0, 0.05) is 11.6 Å². The van der Waals surface area contributed by atoms with Crippen LogP contribution in [0.25, 0.3) is 11.4 Å². The Morgan fingerprint density at radius 2 is 1.79 bits per heavy atom. The first-order chi connectivity index (χ1) is 14.3. The van der Waals surface area contributed by atoms with E-state index in [1.54, 1.807) is 4.68 Å². The number of nitrogens with zero attached hydrogens (tertiary/aromatic N) is 4. The van der Waals surface area contributed by atoms with Gasteiger partial charge in [-0.05, 0) is 23.3 Å². The molecule has 3 aliphatic rings. The molecule has 2 N–H and O–H groups in total. The van der Waals surface area contributed by atoms with Crippen molar-refractivity contribution in [3.05, 3.63) is 30.3 Å². The summed E-state index contributed by atoms with van der Waals surface area (Å²) in [6.07, 6.45) is 5.34. The van der Waals surface area contributed by atoms with Gasteiger partial charge in [-0.25, -0.2) is 9.48 Å². The lowest BCUT2D eigenvalue weighted by atomic mass is 9.96. The Morgan fingerprint density at radius 1 is 1.00 bits per heavy atom. The van der Waals surface area contributed by atoms with Gasteiger partial charge in [-0.15, -0.1) is 5.10 Å². The van der Waals surface area contributed by atoms with Crippen molar-refractivity contribution in [3.8, 4) is 11.4 Å². The monoisotopic (exact) mass is 398 g/mol. The van der Waals surface area contributed by atoms with E-state index in [0.717, 1.165) is 18.4 Å². The van der Waals surface area contributed by atoms with E-state index in [0.29, 0.717) is 19.0 Å². The number of nitrogens with one attached hydrogen (secondary N) is 2. The molecule has 2 aliphatic heterocycles. The molecule has 4 atom stereocenters. The molecule has 9 heteroatoms. The SMILES string of the molecule is O=C(NC1CCCCC1)N[C@H]1CO[C@@H]2C(n3nnnc3-c3ccccc3)CO[C@H]12. The Kier molecular flexibility index (Phi) is 5.15. The number of rotatable bonds is 4. The summed E-state index contributed by atoms with van der Waals surface area (Å²) in [6.45, 7) is 0.870. The van der Waals surface area contributed by atoms with Crippen LogP contribution < -0.4 is 10.6 Å². The Labute approximate surface area is 169 Å². The number of hydrogen-bond acceptors (Lipinski definition) is 6. The number of hydrogen-bond donors (Lipinski definition) is 2. The molecule has 2 saturated heterocycles. The van der Waals surface area contributed by atoms with Crippen molar-refractivity contribution in [1.82, 2.24) is 30.8 Å². The number of ether oxygens (including phenoxy) is 2. The second-order valence-electron chi connectivity index (χ2n) is 8.04. The highest BCUT2D eigenvalue weighted by molar-refractivity contribution is 5.74. The predicted molar refractivity (Wildman–Crippen MR) is 104 cm³/mol. The number of urea groups is 1. The molecule has 5 rings (SSSR count). The van der Waals surface area contributed by atoms with Crippen LogP contribution >= 0.6 is 0 Å². The molecule has 0 bridgehead atoms. The van der Waals surface area contributed by atoms with Crippen molar-refractivity contribution in [2.45, 2.75) is 62.4 Å². The lowest BCUT2D eigenvalue weighted by Crippen LogP contribution is -2.50. The van der Waals surface area contributed by atoms with Gasteiger partial charge in [0.05, 0.1) is 19.3 Å². The van der Waals surface area contributed by atoms with E-state index in [1.807, 2.05) is 30.3 Å². The van der Waals surface area contributed by atoms with Crippen LogP contribution in [0.15, 0.2) is 30.3 Å². The lowest BCUT2D eigenvalue weighted by molar-refractivity contribution is 0.0624. The summed E-state index contributed by atoms with van der Waals surface area (Å²) in [4.78, 5) is 12.4. The van der Waals surface area contributed by atoms with Gasteiger partial charge in [-0.2, -0.15) is 0 Å². The number of carbonyl (C=O) groups is 1. The van der Waals surface area contributed by atoms with Gasteiger partial charge in [0.2, 0.25) is 0 Å². The van der Waals surface area contributed by atoms with Crippen molar-refractivity contribution in [2.24, 2.45) is 0 Å². The third-order valence-electron chi connectivity index (χ3n) is 6.12. The second kappa shape index (κ2) is 8.08. The minimum absolute atomic E-state index is 0.126. The molecule has 0 spiro atoms. The number of fused-ring (bicyclic) bond motifs is 1. The summed E-state index contributed by atoms with van der Waals surface area (Å²) < 4.78 is 13.8. The van der Waals surface area contributed by atoms with Gasteiger partial charge in [-0.1, -0.05) is 49.6 Å². The Balaban J connectivity index is 1.24. The average Bonchev–Trinajstić information content (AvgIpc) is 3.47. The number of tetrazole rings is 1. The fourth-order valence-corrected chi connectivity index (χ4v) is 4.65. The highest BCUT2D eigenvalue weighted by Crippen LogP contribution is 2.35. The van der Waals surface area contributed by atoms with E-state index in [1.165, 1.54) is 19.3 Å². The molecule has 1 aromatic carbocycles. The van der Waals surface area contributed by atoms with Gasteiger partial charge in [0.1, 0.15) is 18.2 Å². The highest BCUT2D eigenvalue weighted by atomic mass is 16.6. The number of amides is 2. The molecule has 2 aromatic rings. The maximum Gasteiger partial charge on any atom is 0.315 e. The molecule has 1 saturated carbocycles. The zero-order valence-electron chi connectivity index (χ0n) is 16.2. The molecule has 9 nitrogen and oxygen atoms in total. The van der Waals surface area contributed by atoms with Crippen molar-refractivity contribution < 1.29 is 14.3 Å². The first-order valence-electron chi connectivity index (χ1n) is 10.4. The molecule has 29 heavy (non-hydrogen) atoms. The third kappa shape index (κ3) is 3.72. The molecule has 3 fully saturated rings. The van der Waals surface area contributed by atoms with Crippen LogP contribution in [0.2, 0.25) is 0 Å². The smallest absolute Gasteiger partial charge is 0.315 e. The largest absolute Gasteiger partial charge is 0.371 e. The maximum atomic E-state index is 12.4. The summed E-state index contributed by atoms with van der Waals surface area (Å²) in [7, 11) is 0. The van der Waals surface area contributed by atoms with E-state index in [4.69, 9.17) is 9.47 Å². The topological polar surface area (TPSA) is 103 Å². The molecule has 3 heterocycles. The van der Waals surface area contributed by atoms with Gasteiger partial charge in [-0.3, -0.25) is 0 Å². The number of aromatic nitrogens is 4. The maximum absolute atomic E-state index is 12.4. The molecule has 154 valence electrons. The third-order valence-corrected chi connectivity index (χ3v) is 6.12. The second-order valence-corrected chi connectivity index (χ2v) is 8.04. The van der Waals surface area contributed by atoms with Gasteiger partial charge in [0.15, 0.2) is 5.82 Å². The molecule has 2 amide bonds. The number of benzene rings is 1. The summed E-state index contributed by atoms with van der Waals surface area (Å²) in [5.74, 6) is 0.690. The van der Waals surface area contributed by atoms with Crippen LogP contribution in [0.5, 0.6) is 0 Å². The standard InChI is InChI=1S/C20H26N6O3/c27-20(21-14-9-5-2-6-10-14)22-15-11-28-18-16(12-29-17(15)18)26-19(23-24-25-26)13-7-3-1-4-8-13/h1,3-4,7-8,14-18H,2,5-6,9-12H2,(H2,21,22,27)/t15-,16?,17+,18+/m0/s1. The van der Waals surface area contributed by atoms with Crippen molar-refractivity contribution in [3.63, 3.8) is 0 Å². The normalized spacial score (nSPS) is 29.5. The van der Waals surface area contributed by atoms with E-state index in [2.05, 4.69) is 26.2 Å². The minimum Gasteiger partial charge on any atom is -0.371 e. The van der Waals surface area contributed by atoms with Crippen molar-refractivity contribution >= 4 is 6.03 Å². The Hall–Kier alpha value is -2.52. The summed E-state index contributed by atoms with van der Waals surface area (Å²) in [5, 5.41) is 18.4. The minimum atomic E-state index is -0.204. The van der Waals surface area contributed by atoms with Crippen LogP contribution in [-0.2, 0) is 9.47 Å². The first kappa shape index (κ1) is 18.5. The van der Waals surface area contributed by atoms with Crippen LogP contribution in [0, 0.1) is 0 Å². The number of carbonyl (C=O) groups excluding carboxylic acids is 1. The summed E-state index contributed by atoms with van der Waals surface area (Å²) in [5.41, 5.74) is 0.945. The zero-order chi connectivity index (χ0) is 19.6. The fraction of sp³-hybridized carbons (Fsp3) is 0.600. The fourth-order valence-electron chi connectivity index (χ4n) is 4.65. The van der Waals surface area contributed by atoms with Crippen molar-refractivity contribution in [2.75, 3.05) is 13.2 Å². The van der Waals surface area contributed by atoms with Crippen LogP contribution in [-0.4, -0.2) is 63.7 Å². The van der Waals surface area contributed by atoms with Crippen LogP contribution in [0.4, 0.5) is 4.79 Å². The quantitative estimate of drug-likeness (QED) is 0.812. The van der Waals surface area contributed by atoms with Crippen LogP contribution in [0.3, 0.4) is 0 Å². The highest BCUT2D eigenvalue weighted by Gasteiger charge is 2.50. The van der Waals surface area contributed by atoms with Crippen LogP contribution in [0.1, 0.15) is 38.1 Å². The summed E-state index contributed by atoms with van der Waals surface area (Å²) >= 11 is 0. The summed E-state index contributed by atoms with van der Waals surface area (Å²) in [6, 6.07) is 9.66. The van der Waals surface area contributed by atoms with E-state index < -0.39 is 0 Å². The first-order valence-corrected chi connectivity index (χ1v) is 10.4. The molecular weight excluding hydrogens is 372 g/mol. The average molecular weight is 398 g/mol. The lowest BCUT2D eigenvalue weighted by Gasteiger charge is -2.24. The van der Waals surface area contributed by atoms with Crippen molar-refractivity contribution in [1.29, 1.82) is 0 Å². The molecule has 0 radical (unpaired) electrons.